The van der Waals surface area contributed by atoms with Crippen molar-refractivity contribution in [3.63, 3.8) is 0 Å². The number of hydrogen-bond acceptors (Lipinski definition) is 0. The van der Waals surface area contributed by atoms with Crippen molar-refractivity contribution in [1.29, 1.82) is 0 Å². The van der Waals surface area contributed by atoms with Crippen molar-refractivity contribution in [1.82, 2.24) is 0 Å². The molecule has 0 nitrogen and oxygen atoms in total. The summed E-state index contributed by atoms with van der Waals surface area (Å²) in [6.07, 6.45) is 8.28. The van der Waals surface area contributed by atoms with E-state index in [4.69, 9.17) is 0 Å². The minimum absolute atomic E-state index is 0. The summed E-state index contributed by atoms with van der Waals surface area (Å²) in [5.41, 5.74) is 19.4. The third-order valence-corrected chi connectivity index (χ3v) is 21.8. The van der Waals surface area contributed by atoms with E-state index in [-0.39, 0.29) is 39.3 Å². The van der Waals surface area contributed by atoms with Gasteiger partial charge in [0.2, 0.25) is 0 Å². The van der Waals surface area contributed by atoms with Crippen LogP contribution in [0.15, 0.2) is 179 Å². The van der Waals surface area contributed by atoms with Crippen LogP contribution in [0.5, 0.6) is 0 Å². The molecule has 0 unspecified atom stereocenters. The van der Waals surface area contributed by atoms with Crippen molar-refractivity contribution in [2.24, 2.45) is 0 Å². The zero-order valence-electron chi connectivity index (χ0n) is 38.3. The van der Waals surface area contributed by atoms with Gasteiger partial charge in [0, 0.05) is 0 Å². The van der Waals surface area contributed by atoms with Gasteiger partial charge in [-0.15, -0.1) is 0 Å². The van der Waals surface area contributed by atoms with Crippen LogP contribution in [0.1, 0.15) is 96.1 Å². The quantitative estimate of drug-likeness (QED) is 0.156. The van der Waals surface area contributed by atoms with E-state index < -0.39 is 21.3 Å². The average Bonchev–Trinajstić information content (AvgIpc) is 3.90. The standard InChI is InChI=1S/C35H37.C21H14.C5H5.2ClH.Zr/c1-22-13-9-11-15-26(22)30-18-24-17-25-19-31(27-16-12-10-14-23(27)2)33(35(6,7)8)21-29(25)28(24)20-32(30)34(3,4)5;1-3-7-20-14-16(9-11-18(20)5-1)13-17-10-12-19-6-2-4-8-21(19)15-17;1-2-4-5-3-1;;;/h9-21H,1-8H3;1-12,14-15H;1-3H,4H2;2*1H;/q;;;;;+2/p-2. The van der Waals surface area contributed by atoms with Crippen molar-refractivity contribution in [3.05, 3.63) is 224 Å². The minimum atomic E-state index is -3.13. The molecule has 2 aliphatic rings. The number of hydrogen-bond donors (Lipinski definition) is 0. The van der Waals surface area contributed by atoms with E-state index in [1.165, 1.54) is 99.4 Å². The summed E-state index contributed by atoms with van der Waals surface area (Å²) < 4.78 is 3.48. The van der Waals surface area contributed by atoms with Gasteiger partial charge < -0.3 is 24.8 Å². The second-order valence-electron chi connectivity index (χ2n) is 19.8. The fourth-order valence-corrected chi connectivity index (χ4v) is 19.3. The van der Waals surface area contributed by atoms with Gasteiger partial charge in [0.25, 0.3) is 0 Å². The van der Waals surface area contributed by atoms with Crippen LogP contribution in [-0.2, 0) is 32.1 Å². The van der Waals surface area contributed by atoms with Gasteiger partial charge in [0.05, 0.1) is 0 Å². The van der Waals surface area contributed by atoms with Gasteiger partial charge in [0.1, 0.15) is 0 Å². The van der Waals surface area contributed by atoms with Gasteiger partial charge in [-0.1, -0.05) is 0 Å². The van der Waals surface area contributed by atoms with E-state index in [1.807, 2.05) is 0 Å². The molecule has 0 saturated carbocycles. The molecule has 0 aromatic heterocycles. The van der Waals surface area contributed by atoms with E-state index >= 15 is 0 Å². The average molecular weight is 951 g/mol. The Morgan fingerprint density at radius 3 is 1.28 bits per heavy atom. The summed E-state index contributed by atoms with van der Waals surface area (Å²) in [6.45, 7) is 18.9. The molecule has 8 aromatic rings. The van der Waals surface area contributed by atoms with E-state index in [1.54, 1.807) is 6.49 Å². The topological polar surface area (TPSA) is 0 Å². The van der Waals surface area contributed by atoms with E-state index in [2.05, 4.69) is 231 Å². The monoisotopic (exact) mass is 948 g/mol. The third kappa shape index (κ3) is 8.19. The van der Waals surface area contributed by atoms with Crippen molar-refractivity contribution in [2.45, 2.75) is 76.3 Å². The van der Waals surface area contributed by atoms with Crippen LogP contribution in [0, 0.1) is 13.8 Å². The predicted octanol–water partition coefficient (Wildman–Crippen LogP) is 10.3. The molecular formula is C61H56Cl2Zr. The maximum absolute atomic E-state index is 3.13. The first kappa shape index (κ1) is 45.7. The molecule has 2 aliphatic carbocycles. The Labute approximate surface area is 401 Å². The molecule has 3 heteroatoms. The first-order valence-electron chi connectivity index (χ1n) is 22.4. The molecule has 318 valence electrons. The molecule has 0 heterocycles. The molecule has 0 aliphatic heterocycles. The normalized spacial score (nSPS) is 13.1. The van der Waals surface area contributed by atoms with Crippen molar-refractivity contribution in [2.75, 3.05) is 0 Å². The van der Waals surface area contributed by atoms with Crippen molar-refractivity contribution >= 4 is 24.8 Å². The molecule has 0 amide bonds. The van der Waals surface area contributed by atoms with Crippen LogP contribution in [-0.4, -0.2) is 3.21 Å². The third-order valence-electron chi connectivity index (χ3n) is 13.5. The molecular weight excluding hydrogens is 895 g/mol. The van der Waals surface area contributed by atoms with Crippen LogP contribution in [0.25, 0.3) is 54.9 Å². The molecule has 0 N–H and O–H groups in total. The summed E-state index contributed by atoms with van der Waals surface area (Å²) >= 11 is -3.13. The van der Waals surface area contributed by atoms with E-state index in [0.717, 1.165) is 6.42 Å². The van der Waals surface area contributed by atoms with E-state index in [9.17, 15) is 0 Å². The number of allylic oxidation sites excluding steroid dienone is 4. The Morgan fingerprint density at radius 1 is 0.453 bits per heavy atom. The number of benzene rings is 8. The zero-order valence-corrected chi connectivity index (χ0v) is 42.3. The van der Waals surface area contributed by atoms with Crippen LogP contribution < -0.4 is 24.8 Å². The zero-order chi connectivity index (χ0) is 42.9. The Morgan fingerprint density at radius 2 is 0.875 bits per heavy atom. The number of halogens is 2. The summed E-state index contributed by atoms with van der Waals surface area (Å²) in [6, 6.07) is 61.1. The summed E-state index contributed by atoms with van der Waals surface area (Å²) in [7, 11) is 0. The fourth-order valence-electron chi connectivity index (χ4n) is 10.4. The largest absolute Gasteiger partial charge is 1.00 e. The molecule has 0 spiro atoms. The molecule has 64 heavy (non-hydrogen) atoms. The first-order chi connectivity index (χ1) is 29.8. The maximum Gasteiger partial charge on any atom is -1.00 e. The smallest absolute Gasteiger partial charge is 1.00 e. The summed E-state index contributed by atoms with van der Waals surface area (Å²) in [4.78, 5) is 0. The molecule has 8 aromatic carbocycles. The van der Waals surface area contributed by atoms with Gasteiger partial charge in [-0.25, -0.2) is 0 Å². The minimum Gasteiger partial charge on any atom is -1.00 e. The van der Waals surface area contributed by atoms with Crippen LogP contribution in [0.2, 0.25) is 0 Å². The Balaban J connectivity index is 0.00000280. The second-order valence-corrected chi connectivity index (χ2v) is 26.0. The Hall–Kier alpha value is -4.91. The second kappa shape index (κ2) is 17.8. The van der Waals surface area contributed by atoms with Gasteiger partial charge in [0.15, 0.2) is 0 Å². The Bertz CT molecular complexity index is 3010. The summed E-state index contributed by atoms with van der Waals surface area (Å²) in [5.74, 6) is 0. The van der Waals surface area contributed by atoms with Crippen molar-refractivity contribution in [3.8, 4) is 33.4 Å². The number of aryl methyl sites for hydroxylation is 2. The van der Waals surface area contributed by atoms with Crippen LogP contribution >= 0.6 is 0 Å². The molecule has 10 rings (SSSR count). The Kier molecular flexibility index (Phi) is 12.7. The van der Waals surface area contributed by atoms with Gasteiger partial charge in [-0.05, 0) is 0 Å². The van der Waals surface area contributed by atoms with Crippen molar-refractivity contribution < 1.29 is 46.1 Å². The number of rotatable bonds is 6. The number of fused-ring (bicyclic) bond motifs is 5. The van der Waals surface area contributed by atoms with E-state index in [0.29, 0.717) is 0 Å². The van der Waals surface area contributed by atoms with Crippen LogP contribution in [0.3, 0.4) is 0 Å². The molecule has 0 fully saturated rings. The van der Waals surface area contributed by atoms with Gasteiger partial charge in [-0.2, -0.15) is 0 Å². The molecule has 0 radical (unpaired) electrons. The fraction of sp³-hybridized carbons (Fsp3) is 0.197. The molecule has 0 saturated heterocycles. The molecule has 0 atom stereocenters. The summed E-state index contributed by atoms with van der Waals surface area (Å²) in [5, 5.41) is 5.16. The van der Waals surface area contributed by atoms with Gasteiger partial charge >= 0.3 is 379 Å². The first-order valence-corrected chi connectivity index (χ1v) is 26.3. The molecule has 0 bridgehead atoms. The predicted molar refractivity (Wildman–Crippen MR) is 264 cm³/mol. The van der Waals surface area contributed by atoms with Crippen LogP contribution in [0.4, 0.5) is 0 Å². The maximum atomic E-state index is 2.68. The SMILES string of the molecule is Cc1ccccc1-c1cc2c(cc1C(C)(C)C)-c1cc(C(C)(C)C)c(-c3ccccc3C)cc1[CH]2[Zr+2]([C]1=CC=CC1)=[C](c1ccc2ccccc2c1)c1ccc2ccccc2c1.[Cl-].[Cl-]. The van der Waals surface area contributed by atoms with Gasteiger partial charge in [-0.3, -0.25) is 0 Å².